The standard InChI is InChI=1S/C11H16N2O3S/c1-8-12-9(7-17-8)4-3-5-10(14)13(2)6-11(15)16/h7H,3-6H2,1-2H3,(H,15,16). The van der Waals surface area contributed by atoms with Gasteiger partial charge in [-0.15, -0.1) is 11.3 Å². The van der Waals surface area contributed by atoms with E-state index in [1.807, 2.05) is 12.3 Å². The summed E-state index contributed by atoms with van der Waals surface area (Å²) in [7, 11) is 1.50. The number of carbonyl (C=O) groups is 2. The van der Waals surface area contributed by atoms with E-state index in [0.717, 1.165) is 17.1 Å². The number of carbonyl (C=O) groups excluding carboxylic acids is 1. The Labute approximate surface area is 104 Å². The van der Waals surface area contributed by atoms with Crippen molar-refractivity contribution >= 4 is 23.2 Å². The Balaban J connectivity index is 2.26. The number of amides is 1. The maximum Gasteiger partial charge on any atom is 0.323 e. The quantitative estimate of drug-likeness (QED) is 0.833. The second-order valence-corrected chi connectivity index (χ2v) is 4.92. The number of thiazole rings is 1. The van der Waals surface area contributed by atoms with Crippen LogP contribution in [0.2, 0.25) is 0 Å². The van der Waals surface area contributed by atoms with Crippen LogP contribution in [0.1, 0.15) is 23.5 Å². The van der Waals surface area contributed by atoms with Gasteiger partial charge in [-0.25, -0.2) is 4.98 Å². The van der Waals surface area contributed by atoms with Crippen LogP contribution in [0.25, 0.3) is 0 Å². The number of nitrogens with zero attached hydrogens (tertiary/aromatic N) is 2. The molecular formula is C11H16N2O3S. The molecule has 1 amide bonds. The predicted octanol–water partition coefficient (Wildman–Crippen LogP) is 1.32. The summed E-state index contributed by atoms with van der Waals surface area (Å²) < 4.78 is 0. The van der Waals surface area contributed by atoms with Gasteiger partial charge in [0.1, 0.15) is 6.54 Å². The van der Waals surface area contributed by atoms with Crippen LogP contribution in [0.5, 0.6) is 0 Å². The Hall–Kier alpha value is -1.43. The second-order valence-electron chi connectivity index (χ2n) is 3.85. The Bertz CT molecular complexity index is 403. The summed E-state index contributed by atoms with van der Waals surface area (Å²) in [4.78, 5) is 27.5. The van der Waals surface area contributed by atoms with Crippen molar-refractivity contribution in [1.82, 2.24) is 9.88 Å². The van der Waals surface area contributed by atoms with Crippen molar-refractivity contribution in [3.05, 3.63) is 16.1 Å². The topological polar surface area (TPSA) is 70.5 Å². The van der Waals surface area contributed by atoms with Crippen molar-refractivity contribution in [1.29, 1.82) is 0 Å². The number of aliphatic carboxylic acids is 1. The smallest absolute Gasteiger partial charge is 0.323 e. The minimum absolute atomic E-state index is 0.139. The molecule has 1 aromatic heterocycles. The Morgan fingerprint density at radius 2 is 2.24 bits per heavy atom. The lowest BCUT2D eigenvalue weighted by Crippen LogP contribution is -2.31. The zero-order valence-electron chi connectivity index (χ0n) is 9.97. The highest BCUT2D eigenvalue weighted by Crippen LogP contribution is 2.11. The van der Waals surface area contributed by atoms with Gasteiger partial charge in [0.25, 0.3) is 0 Å². The van der Waals surface area contributed by atoms with Crippen LogP contribution in [-0.4, -0.2) is 40.5 Å². The van der Waals surface area contributed by atoms with Crippen LogP contribution in [0.3, 0.4) is 0 Å². The fraction of sp³-hybridized carbons (Fsp3) is 0.545. The third-order valence-electron chi connectivity index (χ3n) is 2.29. The maximum atomic E-state index is 11.5. The molecule has 5 nitrogen and oxygen atoms in total. The highest BCUT2D eigenvalue weighted by molar-refractivity contribution is 7.09. The molecule has 0 fully saturated rings. The first kappa shape index (κ1) is 13.6. The molecule has 0 aliphatic rings. The van der Waals surface area contributed by atoms with Crippen molar-refractivity contribution in [3.8, 4) is 0 Å². The molecule has 1 aromatic rings. The fourth-order valence-electron chi connectivity index (χ4n) is 1.43. The molecule has 0 atom stereocenters. The van der Waals surface area contributed by atoms with E-state index >= 15 is 0 Å². The zero-order chi connectivity index (χ0) is 12.8. The maximum absolute atomic E-state index is 11.5. The Morgan fingerprint density at radius 3 is 2.76 bits per heavy atom. The van der Waals surface area contributed by atoms with Crippen LogP contribution < -0.4 is 0 Å². The highest BCUT2D eigenvalue weighted by Gasteiger charge is 2.11. The van der Waals surface area contributed by atoms with Gasteiger partial charge in [0, 0.05) is 18.8 Å². The first-order chi connectivity index (χ1) is 7.99. The lowest BCUT2D eigenvalue weighted by atomic mass is 10.2. The van der Waals surface area contributed by atoms with Gasteiger partial charge < -0.3 is 10.0 Å². The van der Waals surface area contributed by atoms with Crippen molar-refractivity contribution in [2.24, 2.45) is 0 Å². The van der Waals surface area contributed by atoms with E-state index in [9.17, 15) is 9.59 Å². The van der Waals surface area contributed by atoms with Crippen LogP contribution in [-0.2, 0) is 16.0 Å². The van der Waals surface area contributed by atoms with Gasteiger partial charge in [-0.3, -0.25) is 9.59 Å². The molecule has 0 spiro atoms. The number of aryl methyl sites for hydroxylation is 2. The average molecular weight is 256 g/mol. The second kappa shape index (κ2) is 6.34. The van der Waals surface area contributed by atoms with Crippen molar-refractivity contribution < 1.29 is 14.7 Å². The summed E-state index contributed by atoms with van der Waals surface area (Å²) in [5.74, 6) is -1.13. The monoisotopic (exact) mass is 256 g/mol. The van der Waals surface area contributed by atoms with E-state index in [1.165, 1.54) is 11.9 Å². The molecule has 6 heteroatoms. The fourth-order valence-corrected chi connectivity index (χ4v) is 2.07. The molecule has 0 saturated heterocycles. The van der Waals surface area contributed by atoms with Gasteiger partial charge in [0.2, 0.25) is 5.91 Å². The van der Waals surface area contributed by atoms with Gasteiger partial charge >= 0.3 is 5.97 Å². The summed E-state index contributed by atoms with van der Waals surface area (Å²) in [5.41, 5.74) is 1.00. The van der Waals surface area contributed by atoms with Crippen molar-refractivity contribution in [2.75, 3.05) is 13.6 Å². The molecule has 17 heavy (non-hydrogen) atoms. The zero-order valence-corrected chi connectivity index (χ0v) is 10.8. The molecule has 1 rings (SSSR count). The van der Waals surface area contributed by atoms with E-state index in [4.69, 9.17) is 5.11 Å². The molecule has 0 unspecified atom stereocenters. The summed E-state index contributed by atoms with van der Waals surface area (Å²) in [6.45, 7) is 1.70. The van der Waals surface area contributed by atoms with Crippen LogP contribution >= 0.6 is 11.3 Å². The molecular weight excluding hydrogens is 240 g/mol. The Kier molecular flexibility index (Phi) is 5.09. The van der Waals surface area contributed by atoms with E-state index in [-0.39, 0.29) is 12.5 Å². The van der Waals surface area contributed by atoms with Crippen LogP contribution in [0, 0.1) is 6.92 Å². The number of likely N-dealkylation sites (N-methyl/N-ethyl adjacent to an activating group) is 1. The number of carboxylic acids is 1. The van der Waals surface area contributed by atoms with Gasteiger partial charge in [-0.1, -0.05) is 0 Å². The van der Waals surface area contributed by atoms with Gasteiger partial charge in [-0.05, 0) is 19.8 Å². The molecule has 0 radical (unpaired) electrons. The van der Waals surface area contributed by atoms with E-state index in [1.54, 1.807) is 11.3 Å². The lowest BCUT2D eigenvalue weighted by molar-refractivity contribution is -0.143. The summed E-state index contributed by atoms with van der Waals surface area (Å²) in [6.07, 6.45) is 1.82. The van der Waals surface area contributed by atoms with Gasteiger partial charge in [-0.2, -0.15) is 0 Å². The molecule has 1 N–H and O–H groups in total. The van der Waals surface area contributed by atoms with Crippen molar-refractivity contribution in [3.63, 3.8) is 0 Å². The van der Waals surface area contributed by atoms with Crippen LogP contribution in [0.15, 0.2) is 5.38 Å². The summed E-state index contributed by atoms with van der Waals surface area (Å²) >= 11 is 1.59. The number of rotatable bonds is 6. The van der Waals surface area contributed by atoms with E-state index < -0.39 is 5.97 Å². The number of aromatic nitrogens is 1. The summed E-state index contributed by atoms with van der Waals surface area (Å²) in [6, 6.07) is 0. The van der Waals surface area contributed by atoms with Crippen LogP contribution in [0.4, 0.5) is 0 Å². The van der Waals surface area contributed by atoms with Gasteiger partial charge in [0.05, 0.1) is 10.7 Å². The highest BCUT2D eigenvalue weighted by atomic mass is 32.1. The van der Waals surface area contributed by atoms with E-state index in [2.05, 4.69) is 4.98 Å². The number of hydrogen-bond acceptors (Lipinski definition) is 4. The molecule has 94 valence electrons. The third kappa shape index (κ3) is 4.95. The first-order valence-electron chi connectivity index (χ1n) is 5.36. The molecule has 0 aliphatic carbocycles. The minimum atomic E-state index is -0.990. The third-order valence-corrected chi connectivity index (χ3v) is 3.11. The minimum Gasteiger partial charge on any atom is -0.480 e. The molecule has 0 bridgehead atoms. The number of hydrogen-bond donors (Lipinski definition) is 1. The molecule has 0 aliphatic heterocycles. The molecule has 0 aromatic carbocycles. The first-order valence-corrected chi connectivity index (χ1v) is 6.23. The predicted molar refractivity (Wildman–Crippen MR) is 65.1 cm³/mol. The SMILES string of the molecule is Cc1nc(CCCC(=O)N(C)CC(=O)O)cs1. The normalized spacial score (nSPS) is 10.2. The Morgan fingerprint density at radius 1 is 1.53 bits per heavy atom. The summed E-state index contributed by atoms with van der Waals surface area (Å²) in [5, 5.41) is 11.5. The molecule has 1 heterocycles. The number of carboxylic acid groups (broad SMARTS) is 1. The van der Waals surface area contributed by atoms with E-state index in [0.29, 0.717) is 12.8 Å². The van der Waals surface area contributed by atoms with Crippen molar-refractivity contribution in [2.45, 2.75) is 26.2 Å². The molecule has 0 saturated carbocycles. The van der Waals surface area contributed by atoms with Gasteiger partial charge in [0.15, 0.2) is 0 Å². The average Bonchev–Trinajstić information content (AvgIpc) is 2.63. The largest absolute Gasteiger partial charge is 0.480 e. The lowest BCUT2D eigenvalue weighted by Gasteiger charge is -2.13.